The maximum Gasteiger partial charge on any atom is 0.296 e. The van der Waals surface area contributed by atoms with Crippen molar-refractivity contribution in [2.24, 2.45) is 7.05 Å². The molecule has 31 heavy (non-hydrogen) atoms. The zero-order valence-electron chi connectivity index (χ0n) is 16.6. The first-order valence-electron chi connectivity index (χ1n) is 9.09. The summed E-state index contributed by atoms with van der Waals surface area (Å²) in [5.41, 5.74) is 1.25. The van der Waals surface area contributed by atoms with Crippen LogP contribution in [-0.2, 0) is 11.8 Å². The van der Waals surface area contributed by atoms with Crippen LogP contribution in [0.3, 0.4) is 0 Å². The fourth-order valence-corrected chi connectivity index (χ4v) is 3.40. The number of halogens is 1. The van der Waals surface area contributed by atoms with Gasteiger partial charge in [0.15, 0.2) is 5.16 Å². The number of carbonyl (C=O) groups excluding carboxylic acids is 1. The lowest BCUT2D eigenvalue weighted by atomic mass is 10.2. The number of anilines is 1. The first-order chi connectivity index (χ1) is 15.0. The van der Waals surface area contributed by atoms with E-state index in [2.05, 4.69) is 25.7 Å². The van der Waals surface area contributed by atoms with E-state index in [1.807, 2.05) is 0 Å². The van der Waals surface area contributed by atoms with Crippen molar-refractivity contribution < 1.29 is 18.4 Å². The number of carbonyl (C=O) groups is 1. The van der Waals surface area contributed by atoms with Crippen molar-refractivity contribution in [2.45, 2.75) is 5.16 Å². The first-order valence-corrected chi connectivity index (χ1v) is 10.1. The van der Waals surface area contributed by atoms with Crippen LogP contribution in [0.15, 0.2) is 58.2 Å². The van der Waals surface area contributed by atoms with Crippen LogP contribution in [-0.4, -0.2) is 43.7 Å². The molecule has 2 aromatic heterocycles. The molecule has 0 atom stereocenters. The molecule has 158 valence electrons. The van der Waals surface area contributed by atoms with E-state index in [-0.39, 0.29) is 23.4 Å². The van der Waals surface area contributed by atoms with E-state index in [0.717, 1.165) is 0 Å². The Labute approximate surface area is 180 Å². The smallest absolute Gasteiger partial charge is 0.296 e. The minimum absolute atomic E-state index is 0.133. The number of hydrogen-bond acceptors (Lipinski definition) is 8. The van der Waals surface area contributed by atoms with Crippen LogP contribution in [0, 0.1) is 5.82 Å². The van der Waals surface area contributed by atoms with Gasteiger partial charge in [0.2, 0.25) is 17.6 Å². The van der Waals surface area contributed by atoms with Gasteiger partial charge in [0.05, 0.1) is 12.9 Å². The number of rotatable bonds is 7. The van der Waals surface area contributed by atoms with Gasteiger partial charge in [-0.2, -0.15) is 4.98 Å². The van der Waals surface area contributed by atoms with Crippen LogP contribution in [0.1, 0.15) is 0 Å². The number of benzene rings is 2. The van der Waals surface area contributed by atoms with Crippen molar-refractivity contribution in [2.75, 3.05) is 18.2 Å². The Balaban J connectivity index is 1.41. The van der Waals surface area contributed by atoms with Crippen molar-refractivity contribution in [3.63, 3.8) is 0 Å². The molecular formula is C20H17FN6O3S. The SMILES string of the molecule is COc1cccc(NC(=O)CSc2nnc(-c3nc(-c4ccc(F)cc4)no3)n2C)c1. The second-order valence-electron chi connectivity index (χ2n) is 6.36. The van der Waals surface area contributed by atoms with Crippen LogP contribution >= 0.6 is 11.8 Å². The van der Waals surface area contributed by atoms with Crippen LogP contribution in [0.5, 0.6) is 5.75 Å². The van der Waals surface area contributed by atoms with Gasteiger partial charge in [-0.05, 0) is 36.4 Å². The molecule has 2 heterocycles. The average molecular weight is 440 g/mol. The van der Waals surface area contributed by atoms with Gasteiger partial charge in [-0.3, -0.25) is 4.79 Å². The standard InChI is InChI=1S/C20H17FN6O3S/c1-27-18(19-23-17(26-30-19)12-6-8-13(21)9-7-12)24-25-20(27)31-11-16(28)22-14-4-3-5-15(10-14)29-2/h3-10H,11H2,1-2H3,(H,22,28). The Morgan fingerprint density at radius 1 is 1.23 bits per heavy atom. The monoisotopic (exact) mass is 440 g/mol. The van der Waals surface area contributed by atoms with Gasteiger partial charge in [0.25, 0.3) is 5.89 Å². The number of methoxy groups -OCH3 is 1. The highest BCUT2D eigenvalue weighted by Gasteiger charge is 2.19. The minimum Gasteiger partial charge on any atom is -0.497 e. The van der Waals surface area contributed by atoms with Gasteiger partial charge in [0, 0.05) is 24.4 Å². The summed E-state index contributed by atoms with van der Waals surface area (Å²) in [7, 11) is 3.30. The Morgan fingerprint density at radius 2 is 2.03 bits per heavy atom. The number of hydrogen-bond donors (Lipinski definition) is 1. The molecule has 1 N–H and O–H groups in total. The number of amides is 1. The predicted molar refractivity (Wildman–Crippen MR) is 112 cm³/mol. The predicted octanol–water partition coefficient (Wildman–Crippen LogP) is 3.41. The summed E-state index contributed by atoms with van der Waals surface area (Å²) in [6.07, 6.45) is 0. The molecule has 1 amide bonds. The maximum atomic E-state index is 13.1. The highest BCUT2D eigenvalue weighted by atomic mass is 32.2. The van der Waals surface area contributed by atoms with Crippen molar-refractivity contribution in [3.05, 3.63) is 54.3 Å². The summed E-state index contributed by atoms with van der Waals surface area (Å²) >= 11 is 1.22. The van der Waals surface area contributed by atoms with Gasteiger partial charge in [-0.25, -0.2) is 4.39 Å². The van der Waals surface area contributed by atoms with Crippen molar-refractivity contribution in [3.8, 4) is 28.9 Å². The third-order valence-electron chi connectivity index (χ3n) is 4.24. The highest BCUT2D eigenvalue weighted by molar-refractivity contribution is 7.99. The van der Waals surface area contributed by atoms with Crippen molar-refractivity contribution >= 4 is 23.4 Å². The summed E-state index contributed by atoms with van der Waals surface area (Å²) in [4.78, 5) is 16.6. The Kier molecular flexibility index (Phi) is 5.94. The van der Waals surface area contributed by atoms with Gasteiger partial charge >= 0.3 is 0 Å². The first kappa shape index (κ1) is 20.5. The number of aromatic nitrogens is 5. The summed E-state index contributed by atoms with van der Waals surface area (Å²) in [5, 5.41) is 15.4. The zero-order chi connectivity index (χ0) is 21.8. The molecule has 0 unspecified atom stereocenters. The molecule has 0 saturated heterocycles. The summed E-state index contributed by atoms with van der Waals surface area (Å²) in [5.74, 6) is 1.08. The molecule has 4 aromatic rings. The fraction of sp³-hybridized carbons (Fsp3) is 0.150. The van der Waals surface area contributed by atoms with E-state index in [4.69, 9.17) is 9.26 Å². The molecule has 2 aromatic carbocycles. The fourth-order valence-electron chi connectivity index (χ4n) is 2.69. The third kappa shape index (κ3) is 4.72. The van der Waals surface area contributed by atoms with E-state index in [1.54, 1.807) is 55.1 Å². The quantitative estimate of drug-likeness (QED) is 0.436. The number of ether oxygens (including phenoxy) is 1. The number of nitrogens with one attached hydrogen (secondary N) is 1. The summed E-state index contributed by atoms with van der Waals surface area (Å²) in [6, 6.07) is 12.9. The second-order valence-corrected chi connectivity index (χ2v) is 7.31. The molecule has 4 rings (SSSR count). The third-order valence-corrected chi connectivity index (χ3v) is 5.26. The topological polar surface area (TPSA) is 108 Å². The number of thioether (sulfide) groups is 1. The van der Waals surface area contributed by atoms with E-state index < -0.39 is 0 Å². The second kappa shape index (κ2) is 8.96. The van der Waals surface area contributed by atoms with Crippen molar-refractivity contribution in [1.29, 1.82) is 0 Å². The van der Waals surface area contributed by atoms with Crippen molar-refractivity contribution in [1.82, 2.24) is 24.9 Å². The van der Waals surface area contributed by atoms with Crippen LogP contribution in [0.4, 0.5) is 10.1 Å². The molecule has 0 aliphatic rings. The highest BCUT2D eigenvalue weighted by Crippen LogP contribution is 2.24. The van der Waals surface area contributed by atoms with E-state index in [9.17, 15) is 9.18 Å². The van der Waals surface area contributed by atoms with E-state index in [1.165, 1.54) is 23.9 Å². The molecule has 9 nitrogen and oxygen atoms in total. The van der Waals surface area contributed by atoms with E-state index >= 15 is 0 Å². The molecule has 11 heteroatoms. The molecule has 0 bridgehead atoms. The summed E-state index contributed by atoms with van der Waals surface area (Å²) in [6.45, 7) is 0. The molecular weight excluding hydrogens is 423 g/mol. The van der Waals surface area contributed by atoms with E-state index in [0.29, 0.717) is 33.8 Å². The minimum atomic E-state index is -0.349. The van der Waals surface area contributed by atoms with Crippen LogP contribution in [0.2, 0.25) is 0 Å². The van der Waals surface area contributed by atoms with Crippen LogP contribution < -0.4 is 10.1 Å². The van der Waals surface area contributed by atoms with Crippen LogP contribution in [0.25, 0.3) is 23.1 Å². The molecule has 0 aliphatic carbocycles. The lowest BCUT2D eigenvalue weighted by Gasteiger charge is -2.06. The average Bonchev–Trinajstić information content (AvgIpc) is 3.40. The molecule has 0 radical (unpaired) electrons. The van der Waals surface area contributed by atoms with Gasteiger partial charge in [-0.15, -0.1) is 10.2 Å². The lowest BCUT2D eigenvalue weighted by Crippen LogP contribution is -2.14. The molecule has 0 aliphatic heterocycles. The normalized spacial score (nSPS) is 10.8. The Bertz CT molecular complexity index is 1210. The maximum absolute atomic E-state index is 13.1. The van der Waals surface area contributed by atoms with Gasteiger partial charge in [-0.1, -0.05) is 23.0 Å². The molecule has 0 spiro atoms. The molecule has 0 fully saturated rings. The lowest BCUT2D eigenvalue weighted by molar-refractivity contribution is -0.113. The van der Waals surface area contributed by atoms with Gasteiger partial charge < -0.3 is 19.1 Å². The zero-order valence-corrected chi connectivity index (χ0v) is 17.4. The Hall–Kier alpha value is -3.73. The number of nitrogens with zero attached hydrogens (tertiary/aromatic N) is 5. The largest absolute Gasteiger partial charge is 0.497 e. The van der Waals surface area contributed by atoms with Gasteiger partial charge in [0.1, 0.15) is 11.6 Å². The molecule has 0 saturated carbocycles. The summed E-state index contributed by atoms with van der Waals surface area (Å²) < 4.78 is 25.2. The Morgan fingerprint density at radius 3 is 2.81 bits per heavy atom.